The molecule has 7 nitrogen and oxygen atoms in total. The average Bonchev–Trinajstić information content (AvgIpc) is 3.50. The summed E-state index contributed by atoms with van der Waals surface area (Å²) >= 11 is 0. The molecule has 3 heterocycles. The van der Waals surface area contributed by atoms with Crippen LogP contribution in [-0.4, -0.2) is 38.7 Å². The van der Waals surface area contributed by atoms with E-state index in [9.17, 15) is 4.79 Å². The van der Waals surface area contributed by atoms with Gasteiger partial charge in [0.25, 0.3) is 5.91 Å². The van der Waals surface area contributed by atoms with Gasteiger partial charge in [0.15, 0.2) is 5.76 Å². The lowest BCUT2D eigenvalue weighted by atomic mass is 10.1. The second-order valence-corrected chi connectivity index (χ2v) is 7.46. The zero-order valence-corrected chi connectivity index (χ0v) is 16.5. The number of benzene rings is 2. The van der Waals surface area contributed by atoms with Crippen molar-refractivity contribution in [3.8, 4) is 5.75 Å². The smallest absolute Gasteiger partial charge is 0.289 e. The first kappa shape index (κ1) is 18.4. The van der Waals surface area contributed by atoms with E-state index in [2.05, 4.69) is 22.2 Å². The summed E-state index contributed by atoms with van der Waals surface area (Å²) in [5.74, 6) is 1.67. The molecule has 1 fully saturated rings. The molecule has 2 aromatic heterocycles. The van der Waals surface area contributed by atoms with Crippen molar-refractivity contribution in [1.82, 2.24) is 19.7 Å². The van der Waals surface area contributed by atoms with Crippen LogP contribution in [0, 0.1) is 0 Å². The van der Waals surface area contributed by atoms with Crippen molar-refractivity contribution in [3.05, 3.63) is 78.8 Å². The third-order valence-corrected chi connectivity index (χ3v) is 5.54. The molecule has 1 amide bonds. The standard InChI is InChI=1S/C23H22N4O3/c28-23(26-11-9-19(10-12-26)27-16-24-15-25-27)22-8-7-21(30-22)14-29-20-6-5-17-3-1-2-4-18(17)13-20/h1-8,13,15-16,19H,9-12,14H2. The van der Waals surface area contributed by atoms with Crippen LogP contribution in [0.15, 0.2) is 71.7 Å². The maximum absolute atomic E-state index is 12.8. The van der Waals surface area contributed by atoms with Crippen LogP contribution in [0.3, 0.4) is 0 Å². The molecule has 0 bridgehead atoms. The van der Waals surface area contributed by atoms with Crippen molar-refractivity contribution >= 4 is 16.7 Å². The molecule has 0 atom stereocenters. The van der Waals surface area contributed by atoms with Crippen LogP contribution in [0.2, 0.25) is 0 Å². The van der Waals surface area contributed by atoms with E-state index < -0.39 is 0 Å². The van der Waals surface area contributed by atoms with Crippen molar-refractivity contribution in [3.63, 3.8) is 0 Å². The van der Waals surface area contributed by atoms with Gasteiger partial charge in [-0.3, -0.25) is 4.79 Å². The Labute approximate surface area is 173 Å². The largest absolute Gasteiger partial charge is 0.486 e. The molecule has 5 rings (SSSR count). The molecular formula is C23H22N4O3. The second-order valence-electron chi connectivity index (χ2n) is 7.46. The molecule has 0 radical (unpaired) electrons. The SMILES string of the molecule is O=C(c1ccc(COc2ccc3ccccc3c2)o1)N1CCC(n2cncn2)CC1. The lowest BCUT2D eigenvalue weighted by molar-refractivity contribution is 0.0654. The molecule has 2 aromatic carbocycles. The molecule has 1 aliphatic heterocycles. The number of furan rings is 1. The number of hydrogen-bond donors (Lipinski definition) is 0. The van der Waals surface area contributed by atoms with Crippen LogP contribution in [-0.2, 0) is 6.61 Å². The predicted octanol–water partition coefficient (Wildman–Crippen LogP) is 4.08. The Bertz CT molecular complexity index is 1140. The Morgan fingerprint density at radius 2 is 1.90 bits per heavy atom. The average molecular weight is 402 g/mol. The maximum Gasteiger partial charge on any atom is 0.289 e. The van der Waals surface area contributed by atoms with E-state index in [0.29, 0.717) is 30.7 Å². The monoisotopic (exact) mass is 402 g/mol. The third kappa shape index (κ3) is 3.78. The van der Waals surface area contributed by atoms with Crippen molar-refractivity contribution in [1.29, 1.82) is 0 Å². The van der Waals surface area contributed by atoms with Crippen LogP contribution in [0.5, 0.6) is 5.75 Å². The molecule has 1 saturated heterocycles. The minimum atomic E-state index is -0.0796. The van der Waals surface area contributed by atoms with Gasteiger partial charge in [-0.15, -0.1) is 0 Å². The van der Waals surface area contributed by atoms with E-state index >= 15 is 0 Å². The zero-order chi connectivity index (χ0) is 20.3. The molecule has 0 N–H and O–H groups in total. The van der Waals surface area contributed by atoms with Gasteiger partial charge in [-0.05, 0) is 47.9 Å². The van der Waals surface area contributed by atoms with E-state index in [0.717, 1.165) is 24.0 Å². The molecule has 0 aliphatic carbocycles. The summed E-state index contributed by atoms with van der Waals surface area (Å²) in [6.45, 7) is 1.62. The molecule has 0 unspecified atom stereocenters. The molecule has 152 valence electrons. The van der Waals surface area contributed by atoms with Crippen LogP contribution < -0.4 is 4.74 Å². The highest BCUT2D eigenvalue weighted by molar-refractivity contribution is 5.91. The summed E-state index contributed by atoms with van der Waals surface area (Å²) in [5.41, 5.74) is 0. The first-order valence-corrected chi connectivity index (χ1v) is 10.1. The lowest BCUT2D eigenvalue weighted by Crippen LogP contribution is -2.39. The summed E-state index contributed by atoms with van der Waals surface area (Å²) in [7, 11) is 0. The van der Waals surface area contributed by atoms with Gasteiger partial charge in [0.05, 0.1) is 6.04 Å². The number of piperidine rings is 1. The third-order valence-electron chi connectivity index (χ3n) is 5.54. The minimum Gasteiger partial charge on any atom is -0.486 e. The van der Waals surface area contributed by atoms with Gasteiger partial charge < -0.3 is 14.1 Å². The van der Waals surface area contributed by atoms with E-state index in [1.165, 1.54) is 5.39 Å². The van der Waals surface area contributed by atoms with Crippen LogP contribution >= 0.6 is 0 Å². The highest BCUT2D eigenvalue weighted by Gasteiger charge is 2.26. The van der Waals surface area contributed by atoms with E-state index in [4.69, 9.17) is 9.15 Å². The number of carbonyl (C=O) groups excluding carboxylic acids is 1. The summed E-state index contributed by atoms with van der Waals surface area (Å²) in [5, 5.41) is 6.50. The maximum atomic E-state index is 12.8. The predicted molar refractivity (Wildman–Crippen MR) is 111 cm³/mol. The Morgan fingerprint density at radius 1 is 1.07 bits per heavy atom. The summed E-state index contributed by atoms with van der Waals surface area (Å²) in [4.78, 5) is 18.6. The van der Waals surface area contributed by atoms with Gasteiger partial charge in [-0.25, -0.2) is 9.67 Å². The fraction of sp³-hybridized carbons (Fsp3) is 0.261. The quantitative estimate of drug-likeness (QED) is 0.503. The highest BCUT2D eigenvalue weighted by atomic mass is 16.5. The number of rotatable bonds is 5. The van der Waals surface area contributed by atoms with Gasteiger partial charge >= 0.3 is 0 Å². The molecule has 0 spiro atoms. The Kier molecular flexibility index (Phi) is 4.93. The van der Waals surface area contributed by atoms with Gasteiger partial charge in [0, 0.05) is 13.1 Å². The molecule has 30 heavy (non-hydrogen) atoms. The highest BCUT2D eigenvalue weighted by Crippen LogP contribution is 2.24. The van der Waals surface area contributed by atoms with Gasteiger partial charge in [-0.2, -0.15) is 5.10 Å². The summed E-state index contributed by atoms with van der Waals surface area (Å²) in [6, 6.07) is 17.9. The van der Waals surface area contributed by atoms with Crippen molar-refractivity contribution in [2.24, 2.45) is 0 Å². The zero-order valence-electron chi connectivity index (χ0n) is 16.5. The number of likely N-dealkylation sites (tertiary alicyclic amines) is 1. The minimum absolute atomic E-state index is 0.0796. The molecule has 1 aliphatic rings. The molecular weight excluding hydrogens is 380 g/mol. The fourth-order valence-corrected chi connectivity index (χ4v) is 3.88. The van der Waals surface area contributed by atoms with Crippen LogP contribution in [0.4, 0.5) is 0 Å². The van der Waals surface area contributed by atoms with E-state index in [-0.39, 0.29) is 12.5 Å². The number of hydrogen-bond acceptors (Lipinski definition) is 5. The normalized spacial score (nSPS) is 14.9. The van der Waals surface area contributed by atoms with Crippen LogP contribution in [0.1, 0.15) is 35.2 Å². The van der Waals surface area contributed by atoms with Crippen molar-refractivity contribution < 1.29 is 13.9 Å². The molecule has 4 aromatic rings. The van der Waals surface area contributed by atoms with E-state index in [1.54, 1.807) is 24.8 Å². The first-order valence-electron chi connectivity index (χ1n) is 10.1. The number of carbonyl (C=O) groups is 1. The molecule has 7 heteroatoms. The van der Waals surface area contributed by atoms with Gasteiger partial charge in [-0.1, -0.05) is 30.3 Å². The Hall–Kier alpha value is -3.61. The number of fused-ring (bicyclic) bond motifs is 1. The summed E-state index contributed by atoms with van der Waals surface area (Å²) in [6.07, 6.45) is 4.99. The fourth-order valence-electron chi connectivity index (χ4n) is 3.88. The van der Waals surface area contributed by atoms with Crippen molar-refractivity contribution in [2.75, 3.05) is 13.1 Å². The van der Waals surface area contributed by atoms with Gasteiger partial charge in [0.2, 0.25) is 0 Å². The number of ether oxygens (including phenoxy) is 1. The number of aromatic nitrogens is 3. The lowest BCUT2D eigenvalue weighted by Gasteiger charge is -2.31. The van der Waals surface area contributed by atoms with E-state index in [1.807, 2.05) is 39.9 Å². The van der Waals surface area contributed by atoms with Crippen molar-refractivity contribution in [2.45, 2.75) is 25.5 Å². The van der Waals surface area contributed by atoms with Gasteiger partial charge in [0.1, 0.15) is 30.8 Å². The first-order chi connectivity index (χ1) is 14.8. The Balaban J connectivity index is 1.18. The summed E-state index contributed by atoms with van der Waals surface area (Å²) < 4.78 is 13.5. The second kappa shape index (κ2) is 8.02. The number of nitrogens with zero attached hydrogens (tertiary/aromatic N) is 4. The topological polar surface area (TPSA) is 73.4 Å². The Morgan fingerprint density at radius 3 is 2.70 bits per heavy atom. The number of amides is 1. The molecule has 0 saturated carbocycles. The van der Waals surface area contributed by atoms with Crippen LogP contribution in [0.25, 0.3) is 10.8 Å².